The number of benzene rings is 2. The first kappa shape index (κ1) is 13.2. The SMILES string of the molecule is O=C(OCC1OC1c1ccc(Cl)cc1)c1ccccc1. The minimum atomic E-state index is -0.323. The van der Waals surface area contributed by atoms with Crippen molar-refractivity contribution in [2.24, 2.45) is 0 Å². The lowest BCUT2D eigenvalue weighted by Crippen LogP contribution is -2.10. The van der Waals surface area contributed by atoms with Crippen molar-refractivity contribution < 1.29 is 14.3 Å². The van der Waals surface area contributed by atoms with Crippen LogP contribution in [0.2, 0.25) is 5.02 Å². The number of epoxide rings is 1. The average Bonchev–Trinajstić information content (AvgIpc) is 3.26. The Labute approximate surface area is 122 Å². The van der Waals surface area contributed by atoms with Crippen LogP contribution in [0, 0.1) is 0 Å². The van der Waals surface area contributed by atoms with Crippen LogP contribution in [0.1, 0.15) is 22.0 Å². The molecule has 20 heavy (non-hydrogen) atoms. The van der Waals surface area contributed by atoms with Crippen LogP contribution in [-0.2, 0) is 9.47 Å². The molecule has 2 unspecified atom stereocenters. The molecular formula is C16H13ClO3. The molecule has 0 aliphatic carbocycles. The molecule has 3 nitrogen and oxygen atoms in total. The summed E-state index contributed by atoms with van der Waals surface area (Å²) in [4.78, 5) is 11.8. The van der Waals surface area contributed by atoms with Gasteiger partial charge < -0.3 is 9.47 Å². The van der Waals surface area contributed by atoms with E-state index in [4.69, 9.17) is 21.1 Å². The summed E-state index contributed by atoms with van der Waals surface area (Å²) >= 11 is 5.83. The highest BCUT2D eigenvalue weighted by Crippen LogP contribution is 2.39. The van der Waals surface area contributed by atoms with Crippen molar-refractivity contribution in [3.8, 4) is 0 Å². The van der Waals surface area contributed by atoms with E-state index in [9.17, 15) is 4.79 Å². The van der Waals surface area contributed by atoms with E-state index in [1.54, 1.807) is 24.3 Å². The van der Waals surface area contributed by atoms with Gasteiger partial charge in [0.25, 0.3) is 0 Å². The molecule has 102 valence electrons. The van der Waals surface area contributed by atoms with Crippen LogP contribution in [0.15, 0.2) is 54.6 Å². The highest BCUT2D eigenvalue weighted by molar-refractivity contribution is 6.30. The maximum absolute atomic E-state index is 11.8. The van der Waals surface area contributed by atoms with Gasteiger partial charge in [-0.3, -0.25) is 0 Å². The predicted octanol–water partition coefficient (Wildman–Crippen LogP) is 3.64. The molecule has 0 saturated carbocycles. The first-order valence-corrected chi connectivity index (χ1v) is 6.75. The van der Waals surface area contributed by atoms with Gasteiger partial charge in [-0.2, -0.15) is 0 Å². The number of rotatable bonds is 4. The molecule has 1 fully saturated rings. The Bertz CT molecular complexity index is 595. The molecule has 0 radical (unpaired) electrons. The highest BCUT2D eigenvalue weighted by Gasteiger charge is 2.41. The van der Waals surface area contributed by atoms with Gasteiger partial charge in [-0.15, -0.1) is 0 Å². The summed E-state index contributed by atoms with van der Waals surface area (Å²) in [6.07, 6.45) is -0.0697. The zero-order valence-electron chi connectivity index (χ0n) is 10.7. The van der Waals surface area contributed by atoms with Gasteiger partial charge >= 0.3 is 5.97 Å². The van der Waals surface area contributed by atoms with Crippen molar-refractivity contribution in [2.75, 3.05) is 6.61 Å². The fourth-order valence-electron chi connectivity index (χ4n) is 2.03. The number of carbonyl (C=O) groups excluding carboxylic acids is 1. The molecule has 0 amide bonds. The second-order valence-electron chi connectivity index (χ2n) is 4.61. The van der Waals surface area contributed by atoms with Gasteiger partial charge in [-0.25, -0.2) is 4.79 Å². The third-order valence-corrected chi connectivity index (χ3v) is 3.42. The van der Waals surface area contributed by atoms with E-state index in [0.717, 1.165) is 5.56 Å². The Morgan fingerprint density at radius 1 is 1.10 bits per heavy atom. The summed E-state index contributed by atoms with van der Waals surface area (Å²) in [5.41, 5.74) is 1.60. The Morgan fingerprint density at radius 3 is 2.50 bits per heavy atom. The Hall–Kier alpha value is -1.84. The number of halogens is 1. The van der Waals surface area contributed by atoms with Gasteiger partial charge in [0.2, 0.25) is 0 Å². The lowest BCUT2D eigenvalue weighted by Gasteiger charge is -2.02. The minimum Gasteiger partial charge on any atom is -0.459 e. The van der Waals surface area contributed by atoms with E-state index in [0.29, 0.717) is 10.6 Å². The zero-order chi connectivity index (χ0) is 13.9. The van der Waals surface area contributed by atoms with Crippen molar-refractivity contribution in [1.29, 1.82) is 0 Å². The smallest absolute Gasteiger partial charge is 0.338 e. The molecule has 0 spiro atoms. The second kappa shape index (κ2) is 5.65. The van der Waals surface area contributed by atoms with Crippen LogP contribution in [0.5, 0.6) is 0 Å². The molecule has 1 aliphatic rings. The lowest BCUT2D eigenvalue weighted by molar-refractivity contribution is 0.0476. The number of carbonyl (C=O) groups is 1. The Kier molecular flexibility index (Phi) is 3.72. The number of hydrogen-bond acceptors (Lipinski definition) is 3. The minimum absolute atomic E-state index is 0.00385. The summed E-state index contributed by atoms with van der Waals surface area (Å²) < 4.78 is 10.7. The zero-order valence-corrected chi connectivity index (χ0v) is 11.4. The van der Waals surface area contributed by atoms with Crippen LogP contribution >= 0.6 is 11.6 Å². The molecule has 4 heteroatoms. The summed E-state index contributed by atoms with van der Waals surface area (Å²) in [5, 5.41) is 0.696. The van der Waals surface area contributed by atoms with Crippen molar-refractivity contribution in [2.45, 2.75) is 12.2 Å². The van der Waals surface area contributed by atoms with Gasteiger partial charge in [-0.1, -0.05) is 41.9 Å². The molecule has 1 heterocycles. The van der Waals surface area contributed by atoms with Gasteiger partial charge in [0.05, 0.1) is 5.56 Å². The van der Waals surface area contributed by atoms with Crippen molar-refractivity contribution in [3.05, 3.63) is 70.7 Å². The summed E-state index contributed by atoms with van der Waals surface area (Å²) in [6.45, 7) is 0.265. The molecule has 2 aromatic carbocycles. The molecule has 1 saturated heterocycles. The molecule has 3 rings (SSSR count). The molecule has 1 aliphatic heterocycles. The van der Waals surface area contributed by atoms with Crippen LogP contribution in [0.4, 0.5) is 0 Å². The first-order valence-electron chi connectivity index (χ1n) is 6.37. The van der Waals surface area contributed by atoms with Crippen molar-refractivity contribution >= 4 is 17.6 Å². The fraction of sp³-hybridized carbons (Fsp3) is 0.188. The summed E-state index contributed by atoms with van der Waals surface area (Å²) in [7, 11) is 0. The number of esters is 1. The second-order valence-corrected chi connectivity index (χ2v) is 5.05. The van der Waals surface area contributed by atoms with E-state index < -0.39 is 0 Å². The number of ether oxygens (including phenoxy) is 2. The Morgan fingerprint density at radius 2 is 1.80 bits per heavy atom. The van der Waals surface area contributed by atoms with Crippen LogP contribution < -0.4 is 0 Å². The molecule has 2 atom stereocenters. The normalized spacial score (nSPS) is 20.4. The molecule has 0 N–H and O–H groups in total. The van der Waals surface area contributed by atoms with E-state index in [-0.39, 0.29) is 24.8 Å². The van der Waals surface area contributed by atoms with Gasteiger partial charge in [-0.05, 0) is 29.8 Å². The largest absolute Gasteiger partial charge is 0.459 e. The maximum Gasteiger partial charge on any atom is 0.338 e. The van der Waals surface area contributed by atoms with E-state index in [1.807, 2.05) is 30.3 Å². The third kappa shape index (κ3) is 3.00. The molecular weight excluding hydrogens is 276 g/mol. The topological polar surface area (TPSA) is 38.8 Å². The Balaban J connectivity index is 1.52. The maximum atomic E-state index is 11.8. The molecule has 2 aromatic rings. The lowest BCUT2D eigenvalue weighted by atomic mass is 10.1. The van der Waals surface area contributed by atoms with Crippen LogP contribution in [0.3, 0.4) is 0 Å². The van der Waals surface area contributed by atoms with E-state index in [2.05, 4.69) is 0 Å². The van der Waals surface area contributed by atoms with E-state index >= 15 is 0 Å². The van der Waals surface area contributed by atoms with Crippen LogP contribution in [0.25, 0.3) is 0 Å². The van der Waals surface area contributed by atoms with E-state index in [1.165, 1.54) is 0 Å². The molecule has 0 bridgehead atoms. The summed E-state index contributed by atoms with van der Waals surface area (Å²) in [6, 6.07) is 16.4. The highest BCUT2D eigenvalue weighted by atomic mass is 35.5. The van der Waals surface area contributed by atoms with Gasteiger partial charge in [0.1, 0.15) is 18.8 Å². The first-order chi connectivity index (χ1) is 9.74. The monoisotopic (exact) mass is 288 g/mol. The summed E-state index contributed by atoms with van der Waals surface area (Å²) in [5.74, 6) is -0.323. The fourth-order valence-corrected chi connectivity index (χ4v) is 2.16. The number of hydrogen-bond donors (Lipinski definition) is 0. The van der Waals surface area contributed by atoms with Crippen molar-refractivity contribution in [3.63, 3.8) is 0 Å². The van der Waals surface area contributed by atoms with Crippen LogP contribution in [-0.4, -0.2) is 18.7 Å². The van der Waals surface area contributed by atoms with Gasteiger partial charge in [0.15, 0.2) is 0 Å². The quantitative estimate of drug-likeness (QED) is 0.637. The van der Waals surface area contributed by atoms with Crippen molar-refractivity contribution in [1.82, 2.24) is 0 Å². The molecule has 0 aromatic heterocycles. The standard InChI is InChI=1S/C16H13ClO3/c17-13-8-6-11(7-9-13)15-14(20-15)10-19-16(18)12-4-2-1-3-5-12/h1-9,14-15H,10H2. The predicted molar refractivity (Wildman–Crippen MR) is 75.8 cm³/mol. The third-order valence-electron chi connectivity index (χ3n) is 3.17. The average molecular weight is 289 g/mol. The van der Waals surface area contributed by atoms with Gasteiger partial charge in [0, 0.05) is 5.02 Å².